The molecule has 0 spiro atoms. The lowest BCUT2D eigenvalue weighted by Crippen LogP contribution is -2.37. The lowest BCUT2D eigenvalue weighted by Gasteiger charge is -2.17. The Morgan fingerprint density at radius 3 is 2.63 bits per heavy atom. The highest BCUT2D eigenvalue weighted by atomic mass is 32.2. The van der Waals surface area contributed by atoms with Crippen LogP contribution < -0.4 is 9.62 Å². The van der Waals surface area contributed by atoms with Gasteiger partial charge in [0, 0.05) is 31.5 Å². The van der Waals surface area contributed by atoms with E-state index in [4.69, 9.17) is 4.74 Å². The second-order valence-corrected chi connectivity index (χ2v) is 8.77. The number of anilines is 1. The van der Waals surface area contributed by atoms with E-state index in [0.29, 0.717) is 25.5 Å². The Labute approximate surface area is 175 Å². The van der Waals surface area contributed by atoms with Crippen LogP contribution >= 0.6 is 0 Å². The molecule has 3 aromatic rings. The van der Waals surface area contributed by atoms with Crippen LogP contribution in [0, 0.1) is 0 Å². The number of nitrogens with one attached hydrogen (secondary N) is 1. The van der Waals surface area contributed by atoms with Crippen LogP contribution in [-0.4, -0.2) is 50.1 Å². The monoisotopic (exact) mass is 426 g/mol. The summed E-state index contributed by atoms with van der Waals surface area (Å²) in [6.45, 7) is 3.08. The molecule has 0 radical (unpaired) electrons. The number of fused-ring (bicyclic) bond motifs is 1. The van der Waals surface area contributed by atoms with Crippen LogP contribution in [0.3, 0.4) is 0 Å². The molecule has 1 unspecified atom stereocenters. The quantitative estimate of drug-likeness (QED) is 0.604. The van der Waals surface area contributed by atoms with Gasteiger partial charge in [-0.15, -0.1) is 0 Å². The molecule has 0 aliphatic carbocycles. The predicted molar refractivity (Wildman–Crippen MR) is 113 cm³/mol. The topological polar surface area (TPSA) is 101 Å². The summed E-state index contributed by atoms with van der Waals surface area (Å²) in [7, 11) is -3.64. The van der Waals surface area contributed by atoms with Crippen LogP contribution in [0.15, 0.2) is 59.8 Å². The van der Waals surface area contributed by atoms with E-state index in [-0.39, 0.29) is 23.1 Å². The van der Waals surface area contributed by atoms with E-state index in [2.05, 4.69) is 14.7 Å². The van der Waals surface area contributed by atoms with Crippen LogP contribution in [0.4, 0.5) is 5.95 Å². The zero-order chi connectivity index (χ0) is 21.1. The van der Waals surface area contributed by atoms with Crippen LogP contribution in [0.25, 0.3) is 10.8 Å². The molecule has 1 aromatic heterocycles. The zero-order valence-electron chi connectivity index (χ0n) is 16.5. The second kappa shape index (κ2) is 8.37. The van der Waals surface area contributed by atoms with Gasteiger partial charge in [-0.3, -0.25) is 0 Å². The van der Waals surface area contributed by atoms with Gasteiger partial charge >= 0.3 is 5.97 Å². The number of ether oxygens (including phenoxy) is 1. The predicted octanol–water partition coefficient (Wildman–Crippen LogP) is 2.36. The summed E-state index contributed by atoms with van der Waals surface area (Å²) in [6.07, 6.45) is 3.48. The Hall–Kier alpha value is -3.04. The van der Waals surface area contributed by atoms with Crippen molar-refractivity contribution in [1.29, 1.82) is 0 Å². The first-order valence-corrected chi connectivity index (χ1v) is 11.2. The molecule has 1 atom stereocenters. The molecule has 156 valence electrons. The van der Waals surface area contributed by atoms with Crippen LogP contribution in [-0.2, 0) is 14.8 Å². The van der Waals surface area contributed by atoms with Gasteiger partial charge in [0.15, 0.2) is 0 Å². The smallest absolute Gasteiger partial charge is 0.341 e. The summed E-state index contributed by atoms with van der Waals surface area (Å²) in [6, 6.07) is 12.5. The molecule has 2 heterocycles. The van der Waals surface area contributed by atoms with E-state index < -0.39 is 16.0 Å². The van der Waals surface area contributed by atoms with Gasteiger partial charge < -0.3 is 9.64 Å². The maximum Gasteiger partial charge on any atom is 0.341 e. The molecule has 1 N–H and O–H groups in total. The third kappa shape index (κ3) is 4.27. The van der Waals surface area contributed by atoms with Crippen molar-refractivity contribution in [1.82, 2.24) is 14.7 Å². The third-order valence-electron chi connectivity index (χ3n) is 4.97. The van der Waals surface area contributed by atoms with E-state index in [1.54, 1.807) is 19.1 Å². The Morgan fingerprint density at radius 2 is 1.90 bits per heavy atom. The van der Waals surface area contributed by atoms with Crippen molar-refractivity contribution < 1.29 is 17.9 Å². The van der Waals surface area contributed by atoms with Crippen molar-refractivity contribution in [3.05, 3.63) is 60.4 Å². The van der Waals surface area contributed by atoms with Crippen molar-refractivity contribution in [3.63, 3.8) is 0 Å². The minimum absolute atomic E-state index is 0.245. The van der Waals surface area contributed by atoms with Crippen LogP contribution in [0.5, 0.6) is 0 Å². The summed E-state index contributed by atoms with van der Waals surface area (Å²) < 4.78 is 33.4. The highest BCUT2D eigenvalue weighted by Gasteiger charge is 2.29. The molecular weight excluding hydrogens is 404 g/mol. The fraction of sp³-hybridized carbons (Fsp3) is 0.286. The Balaban J connectivity index is 1.43. The number of hydrogen-bond acceptors (Lipinski definition) is 7. The van der Waals surface area contributed by atoms with Crippen molar-refractivity contribution in [2.45, 2.75) is 24.3 Å². The number of sulfonamides is 1. The maximum absolute atomic E-state index is 12.8. The Morgan fingerprint density at radius 1 is 1.17 bits per heavy atom. The molecule has 30 heavy (non-hydrogen) atoms. The molecule has 1 saturated heterocycles. The molecule has 4 rings (SSSR count). The van der Waals surface area contributed by atoms with E-state index in [1.807, 2.05) is 35.2 Å². The van der Waals surface area contributed by atoms with Crippen molar-refractivity contribution in [3.8, 4) is 0 Å². The van der Waals surface area contributed by atoms with Crippen molar-refractivity contribution in [2.75, 3.05) is 24.6 Å². The maximum atomic E-state index is 12.8. The van der Waals surface area contributed by atoms with Gasteiger partial charge in [0.1, 0.15) is 0 Å². The number of rotatable bonds is 6. The highest BCUT2D eigenvalue weighted by molar-refractivity contribution is 7.89. The first kappa shape index (κ1) is 20.2. The van der Waals surface area contributed by atoms with Gasteiger partial charge in [-0.05, 0) is 36.2 Å². The SMILES string of the molecule is CCOC(=O)c1cnc(N2CCC(NS(=O)(=O)c3ccc4ccccc4c3)C2)nc1. The average Bonchev–Trinajstić information content (AvgIpc) is 3.21. The summed E-state index contributed by atoms with van der Waals surface area (Å²) >= 11 is 0. The van der Waals surface area contributed by atoms with Crippen LogP contribution in [0.2, 0.25) is 0 Å². The molecule has 1 fully saturated rings. The van der Waals surface area contributed by atoms with Gasteiger partial charge in [-0.2, -0.15) is 0 Å². The molecule has 1 aliphatic rings. The van der Waals surface area contributed by atoms with E-state index in [9.17, 15) is 13.2 Å². The van der Waals surface area contributed by atoms with Gasteiger partial charge in [-0.1, -0.05) is 30.3 Å². The van der Waals surface area contributed by atoms with E-state index in [0.717, 1.165) is 10.8 Å². The number of carbonyl (C=O) groups is 1. The minimum Gasteiger partial charge on any atom is -0.462 e. The zero-order valence-corrected chi connectivity index (χ0v) is 17.3. The summed E-state index contributed by atoms with van der Waals surface area (Å²) in [4.78, 5) is 22.3. The first-order chi connectivity index (χ1) is 14.5. The number of hydrogen-bond donors (Lipinski definition) is 1. The minimum atomic E-state index is -3.64. The van der Waals surface area contributed by atoms with Crippen LogP contribution in [0.1, 0.15) is 23.7 Å². The molecule has 9 heteroatoms. The summed E-state index contributed by atoms with van der Waals surface area (Å²) in [5.74, 6) is -0.0121. The fourth-order valence-electron chi connectivity index (χ4n) is 3.46. The summed E-state index contributed by atoms with van der Waals surface area (Å²) in [5, 5.41) is 1.87. The van der Waals surface area contributed by atoms with E-state index >= 15 is 0 Å². The number of carbonyl (C=O) groups excluding carboxylic acids is 1. The number of benzene rings is 2. The number of esters is 1. The molecule has 1 aliphatic heterocycles. The Kier molecular flexibility index (Phi) is 5.65. The molecule has 8 nitrogen and oxygen atoms in total. The van der Waals surface area contributed by atoms with Gasteiger partial charge in [0.05, 0.1) is 17.1 Å². The van der Waals surface area contributed by atoms with Gasteiger partial charge in [0.25, 0.3) is 0 Å². The van der Waals surface area contributed by atoms with Gasteiger partial charge in [-0.25, -0.2) is 27.9 Å². The lowest BCUT2D eigenvalue weighted by molar-refractivity contribution is 0.0525. The standard InChI is InChI=1S/C21H22N4O4S/c1-2-29-20(26)17-12-22-21(23-13-17)25-10-9-18(14-25)24-30(27,28)19-8-7-15-5-3-4-6-16(15)11-19/h3-8,11-13,18,24H,2,9-10,14H2,1H3. The number of nitrogens with zero attached hydrogens (tertiary/aromatic N) is 3. The molecule has 0 saturated carbocycles. The van der Waals surface area contributed by atoms with Crippen molar-refractivity contribution >= 4 is 32.7 Å². The fourth-order valence-corrected chi connectivity index (χ4v) is 4.76. The van der Waals surface area contributed by atoms with Gasteiger partial charge in [0.2, 0.25) is 16.0 Å². The third-order valence-corrected chi connectivity index (χ3v) is 6.49. The Bertz CT molecular complexity index is 1170. The van der Waals surface area contributed by atoms with Crippen molar-refractivity contribution in [2.24, 2.45) is 0 Å². The highest BCUT2D eigenvalue weighted by Crippen LogP contribution is 2.21. The summed E-state index contributed by atoms with van der Waals surface area (Å²) in [5.41, 5.74) is 0.286. The molecular formula is C21H22N4O4S. The number of aromatic nitrogens is 2. The first-order valence-electron chi connectivity index (χ1n) is 9.71. The molecule has 0 amide bonds. The second-order valence-electron chi connectivity index (χ2n) is 7.05. The average molecular weight is 426 g/mol. The normalized spacial score (nSPS) is 16.7. The molecule has 0 bridgehead atoms. The lowest BCUT2D eigenvalue weighted by atomic mass is 10.1. The van der Waals surface area contributed by atoms with E-state index in [1.165, 1.54) is 12.4 Å². The molecule has 2 aromatic carbocycles. The largest absolute Gasteiger partial charge is 0.462 e.